The first-order valence-electron chi connectivity index (χ1n) is 6.84. The van der Waals surface area contributed by atoms with Crippen LogP contribution >= 0.6 is 0 Å². The van der Waals surface area contributed by atoms with E-state index in [4.69, 9.17) is 5.73 Å². The van der Waals surface area contributed by atoms with Gasteiger partial charge in [-0.05, 0) is 30.5 Å². The van der Waals surface area contributed by atoms with Crippen LogP contribution < -0.4 is 10.5 Å². The average Bonchev–Trinajstić information content (AvgIpc) is 2.82. The van der Waals surface area contributed by atoms with E-state index in [2.05, 4.69) is 9.46 Å². The summed E-state index contributed by atoms with van der Waals surface area (Å²) < 4.78 is 31.6. The largest absolute Gasteiger partial charge is 0.465 e. The molecule has 1 aliphatic rings. The van der Waals surface area contributed by atoms with Gasteiger partial charge in [-0.25, -0.2) is 17.9 Å². The Balaban J connectivity index is 2.07. The van der Waals surface area contributed by atoms with Crippen LogP contribution in [0.5, 0.6) is 0 Å². The minimum Gasteiger partial charge on any atom is -0.465 e. The first-order chi connectivity index (χ1) is 9.91. The Morgan fingerprint density at radius 1 is 1.43 bits per heavy atom. The lowest BCUT2D eigenvalue weighted by Gasteiger charge is -2.17. The van der Waals surface area contributed by atoms with Crippen molar-refractivity contribution < 1.29 is 17.9 Å². The third kappa shape index (κ3) is 4.26. The van der Waals surface area contributed by atoms with Crippen molar-refractivity contribution >= 4 is 16.0 Å². The van der Waals surface area contributed by atoms with Crippen LogP contribution in [0.3, 0.4) is 0 Å². The highest BCUT2D eigenvalue weighted by Gasteiger charge is 2.28. The van der Waals surface area contributed by atoms with Crippen molar-refractivity contribution in [3.05, 3.63) is 35.4 Å². The molecular formula is C14H20N2O4S. The zero-order valence-electron chi connectivity index (χ0n) is 11.9. The number of rotatable bonds is 5. The number of nitrogens with one attached hydrogen (secondary N) is 1. The molecule has 0 aromatic heterocycles. The molecule has 1 aromatic rings. The lowest BCUT2D eigenvalue weighted by atomic mass is 10.1. The standard InChI is InChI=1S/C14H20N2O4S/c1-20-14(17)11-5-2-4-10(8-11)9-21(18,19)16-13-7-3-6-12(13)15/h2,4-5,8,12-13,16H,3,6-7,9,15H2,1H3. The molecular weight excluding hydrogens is 292 g/mol. The second-order valence-electron chi connectivity index (χ2n) is 5.27. The number of carbonyl (C=O) groups is 1. The molecule has 1 aliphatic carbocycles. The van der Waals surface area contributed by atoms with Crippen molar-refractivity contribution in [1.29, 1.82) is 0 Å². The molecule has 116 valence electrons. The molecule has 2 unspecified atom stereocenters. The Kier molecular flexibility index (Phi) is 4.97. The summed E-state index contributed by atoms with van der Waals surface area (Å²) in [6, 6.07) is 6.10. The zero-order valence-corrected chi connectivity index (χ0v) is 12.7. The van der Waals surface area contributed by atoms with E-state index < -0.39 is 16.0 Å². The van der Waals surface area contributed by atoms with Gasteiger partial charge >= 0.3 is 5.97 Å². The molecule has 7 heteroatoms. The number of benzene rings is 1. The SMILES string of the molecule is COC(=O)c1cccc(CS(=O)(=O)NC2CCCC2N)c1. The maximum absolute atomic E-state index is 12.2. The minimum atomic E-state index is -3.48. The zero-order chi connectivity index (χ0) is 15.5. The van der Waals surface area contributed by atoms with Gasteiger partial charge in [0.05, 0.1) is 18.4 Å². The molecule has 0 saturated heterocycles. The third-order valence-electron chi connectivity index (χ3n) is 3.61. The summed E-state index contributed by atoms with van der Waals surface area (Å²) in [5, 5.41) is 0. The highest BCUT2D eigenvalue weighted by Crippen LogP contribution is 2.19. The second-order valence-corrected chi connectivity index (χ2v) is 7.02. The van der Waals surface area contributed by atoms with E-state index >= 15 is 0 Å². The fourth-order valence-electron chi connectivity index (χ4n) is 2.53. The molecule has 1 aromatic carbocycles. The molecule has 3 N–H and O–H groups in total. The number of hydrogen-bond acceptors (Lipinski definition) is 5. The number of carbonyl (C=O) groups excluding carboxylic acids is 1. The van der Waals surface area contributed by atoms with E-state index in [-0.39, 0.29) is 17.8 Å². The van der Waals surface area contributed by atoms with Gasteiger partial charge in [0, 0.05) is 12.1 Å². The lowest BCUT2D eigenvalue weighted by molar-refractivity contribution is 0.0600. The van der Waals surface area contributed by atoms with Crippen molar-refractivity contribution in [2.45, 2.75) is 37.1 Å². The van der Waals surface area contributed by atoms with E-state index in [0.29, 0.717) is 11.1 Å². The summed E-state index contributed by atoms with van der Waals surface area (Å²) in [5.74, 6) is -0.666. The molecule has 0 amide bonds. The highest BCUT2D eigenvalue weighted by molar-refractivity contribution is 7.88. The van der Waals surface area contributed by atoms with Crippen molar-refractivity contribution in [1.82, 2.24) is 4.72 Å². The molecule has 0 spiro atoms. The van der Waals surface area contributed by atoms with Crippen LogP contribution in [0, 0.1) is 0 Å². The van der Waals surface area contributed by atoms with Crippen LogP contribution in [0.2, 0.25) is 0 Å². The summed E-state index contributed by atoms with van der Waals surface area (Å²) in [4.78, 5) is 11.4. The van der Waals surface area contributed by atoms with Crippen molar-refractivity contribution in [3.8, 4) is 0 Å². The fourth-order valence-corrected chi connectivity index (χ4v) is 3.99. The Morgan fingerprint density at radius 3 is 2.81 bits per heavy atom. The fraction of sp³-hybridized carbons (Fsp3) is 0.500. The van der Waals surface area contributed by atoms with Crippen molar-refractivity contribution in [2.24, 2.45) is 5.73 Å². The van der Waals surface area contributed by atoms with Crippen LogP contribution in [0.25, 0.3) is 0 Å². The summed E-state index contributed by atoms with van der Waals surface area (Å²) in [5.41, 5.74) is 6.75. The van der Waals surface area contributed by atoms with Gasteiger partial charge < -0.3 is 10.5 Å². The monoisotopic (exact) mass is 312 g/mol. The van der Waals surface area contributed by atoms with E-state index in [1.807, 2.05) is 0 Å². The van der Waals surface area contributed by atoms with Crippen LogP contribution in [0.1, 0.15) is 35.2 Å². The molecule has 21 heavy (non-hydrogen) atoms. The van der Waals surface area contributed by atoms with E-state index in [9.17, 15) is 13.2 Å². The van der Waals surface area contributed by atoms with Crippen molar-refractivity contribution in [2.75, 3.05) is 7.11 Å². The van der Waals surface area contributed by atoms with Crippen LogP contribution in [-0.2, 0) is 20.5 Å². The second kappa shape index (κ2) is 6.55. The lowest BCUT2D eigenvalue weighted by Crippen LogP contribution is -2.44. The number of nitrogens with two attached hydrogens (primary N) is 1. The quantitative estimate of drug-likeness (QED) is 0.783. The first-order valence-corrected chi connectivity index (χ1v) is 8.49. The minimum absolute atomic E-state index is 0.124. The summed E-state index contributed by atoms with van der Waals surface area (Å²) in [7, 11) is -2.20. The molecule has 0 bridgehead atoms. The number of hydrogen-bond donors (Lipinski definition) is 2. The normalized spacial score (nSPS) is 22.2. The van der Waals surface area contributed by atoms with Gasteiger partial charge in [-0.15, -0.1) is 0 Å². The van der Waals surface area contributed by atoms with E-state index in [0.717, 1.165) is 19.3 Å². The van der Waals surface area contributed by atoms with Crippen LogP contribution in [0.4, 0.5) is 0 Å². The first kappa shape index (κ1) is 15.9. The smallest absolute Gasteiger partial charge is 0.337 e. The van der Waals surface area contributed by atoms with Gasteiger partial charge in [0.25, 0.3) is 0 Å². The van der Waals surface area contributed by atoms with Crippen molar-refractivity contribution in [3.63, 3.8) is 0 Å². The maximum atomic E-state index is 12.2. The van der Waals surface area contributed by atoms with Crippen LogP contribution in [0.15, 0.2) is 24.3 Å². The summed E-state index contributed by atoms with van der Waals surface area (Å²) in [6.07, 6.45) is 2.54. The molecule has 6 nitrogen and oxygen atoms in total. The summed E-state index contributed by atoms with van der Waals surface area (Å²) >= 11 is 0. The molecule has 0 radical (unpaired) electrons. The Bertz CT molecular complexity index is 615. The maximum Gasteiger partial charge on any atom is 0.337 e. The van der Waals surface area contributed by atoms with Gasteiger partial charge in [-0.1, -0.05) is 18.6 Å². The molecule has 2 rings (SSSR count). The predicted octanol–water partition coefficient (Wildman–Crippen LogP) is 0.772. The Morgan fingerprint density at radius 2 is 2.19 bits per heavy atom. The molecule has 0 heterocycles. The van der Waals surface area contributed by atoms with Gasteiger partial charge in [0.2, 0.25) is 10.0 Å². The number of esters is 1. The van der Waals surface area contributed by atoms with Gasteiger partial charge in [-0.3, -0.25) is 0 Å². The predicted molar refractivity (Wildman–Crippen MR) is 79.2 cm³/mol. The topological polar surface area (TPSA) is 98.5 Å². The highest BCUT2D eigenvalue weighted by atomic mass is 32.2. The van der Waals surface area contributed by atoms with E-state index in [1.54, 1.807) is 18.2 Å². The molecule has 0 aliphatic heterocycles. The van der Waals surface area contributed by atoms with E-state index in [1.165, 1.54) is 13.2 Å². The Labute approximate surface area is 124 Å². The number of ether oxygens (including phenoxy) is 1. The van der Waals surface area contributed by atoms with Crippen LogP contribution in [-0.4, -0.2) is 33.6 Å². The Hall–Kier alpha value is -1.44. The molecule has 2 atom stereocenters. The summed E-state index contributed by atoms with van der Waals surface area (Å²) in [6.45, 7) is 0. The number of sulfonamides is 1. The average molecular weight is 312 g/mol. The van der Waals surface area contributed by atoms with Gasteiger partial charge in [-0.2, -0.15) is 0 Å². The third-order valence-corrected chi connectivity index (χ3v) is 4.98. The molecule has 1 saturated carbocycles. The van der Waals surface area contributed by atoms with Gasteiger partial charge in [0.1, 0.15) is 0 Å². The number of methoxy groups -OCH3 is 1. The van der Waals surface area contributed by atoms with Gasteiger partial charge in [0.15, 0.2) is 0 Å². The molecule has 1 fully saturated rings.